The summed E-state index contributed by atoms with van der Waals surface area (Å²) in [6, 6.07) is 0. The Morgan fingerprint density at radius 3 is 2.67 bits per heavy atom. The van der Waals surface area contributed by atoms with E-state index in [9.17, 15) is 4.39 Å². The minimum absolute atomic E-state index is 0.561. The Balaban J connectivity index is 0.000000184. The molecule has 0 N–H and O–H groups in total. The Labute approximate surface area is 111 Å². The lowest BCUT2D eigenvalue weighted by atomic mass is 9.69. The number of nitrogens with zero attached hydrogens (tertiary/aromatic N) is 2. The van der Waals surface area contributed by atoms with Crippen molar-refractivity contribution in [1.29, 1.82) is 0 Å². The van der Waals surface area contributed by atoms with Crippen molar-refractivity contribution in [1.82, 2.24) is 4.90 Å². The molecule has 0 amide bonds. The largest absolute Gasteiger partial charge is 0.303 e. The zero-order valence-corrected chi connectivity index (χ0v) is 11.9. The molecular formula is C14H23BFN2. The maximum Gasteiger partial charge on any atom is 0.211 e. The predicted octanol–water partition coefficient (Wildman–Crippen LogP) is 2.63. The quantitative estimate of drug-likeness (QED) is 0.602. The second kappa shape index (κ2) is 7.52. The summed E-state index contributed by atoms with van der Waals surface area (Å²) in [6.07, 6.45) is 5.45. The highest BCUT2D eigenvalue weighted by Crippen LogP contribution is 2.13. The van der Waals surface area contributed by atoms with E-state index < -0.39 is 6.17 Å². The van der Waals surface area contributed by atoms with Gasteiger partial charge in [-0.15, -0.1) is 5.47 Å². The third kappa shape index (κ3) is 4.77. The smallest absolute Gasteiger partial charge is 0.211 e. The lowest BCUT2D eigenvalue weighted by molar-refractivity contribution is 0.163. The second-order valence-electron chi connectivity index (χ2n) is 4.89. The van der Waals surface area contributed by atoms with Gasteiger partial charge in [-0.25, -0.2) is 4.39 Å². The molecule has 1 saturated heterocycles. The summed E-state index contributed by atoms with van der Waals surface area (Å²) in [6.45, 7) is 5.82. The van der Waals surface area contributed by atoms with Crippen LogP contribution in [0.25, 0.3) is 0 Å². The average molecular weight is 249 g/mol. The van der Waals surface area contributed by atoms with Gasteiger partial charge in [0.15, 0.2) is 0 Å². The van der Waals surface area contributed by atoms with Crippen molar-refractivity contribution in [2.75, 3.05) is 27.2 Å². The molecule has 0 aromatic heterocycles. The van der Waals surface area contributed by atoms with Crippen molar-refractivity contribution in [2.24, 2.45) is 4.99 Å². The zero-order chi connectivity index (χ0) is 13.5. The molecule has 0 aromatic rings. The first-order valence-electron chi connectivity index (χ1n) is 6.56. The molecule has 0 aliphatic carbocycles. The third-order valence-electron chi connectivity index (χ3n) is 3.16. The number of alkyl halides is 1. The highest BCUT2D eigenvalue weighted by Gasteiger charge is 2.14. The maximum absolute atomic E-state index is 12.4. The van der Waals surface area contributed by atoms with Gasteiger partial charge in [-0.3, -0.25) is 0 Å². The molecule has 2 aliphatic heterocycles. The summed E-state index contributed by atoms with van der Waals surface area (Å²) in [4.78, 5) is 6.17. The van der Waals surface area contributed by atoms with Crippen molar-refractivity contribution >= 4 is 12.9 Å². The van der Waals surface area contributed by atoms with Crippen molar-refractivity contribution in [3.63, 3.8) is 0 Å². The van der Waals surface area contributed by atoms with Gasteiger partial charge in [-0.1, -0.05) is 19.1 Å². The maximum atomic E-state index is 12.4. The molecule has 4 heteroatoms. The van der Waals surface area contributed by atoms with E-state index in [4.69, 9.17) is 0 Å². The lowest BCUT2D eigenvalue weighted by Crippen LogP contribution is -2.32. The van der Waals surface area contributed by atoms with Gasteiger partial charge in [0.25, 0.3) is 0 Å². The van der Waals surface area contributed by atoms with Crippen LogP contribution >= 0.6 is 0 Å². The van der Waals surface area contributed by atoms with Crippen LogP contribution in [0.4, 0.5) is 4.39 Å². The van der Waals surface area contributed by atoms with Crippen LogP contribution in [0.5, 0.6) is 0 Å². The number of rotatable bonds is 0. The highest BCUT2D eigenvalue weighted by molar-refractivity contribution is 6.86. The first-order chi connectivity index (χ1) is 8.56. The average Bonchev–Trinajstić information content (AvgIpc) is 2.70. The Hall–Kier alpha value is -0.895. The summed E-state index contributed by atoms with van der Waals surface area (Å²) in [5.41, 5.74) is 3.62. The van der Waals surface area contributed by atoms with Crippen molar-refractivity contribution < 1.29 is 4.39 Å². The second-order valence-corrected chi connectivity index (χ2v) is 4.89. The van der Waals surface area contributed by atoms with Crippen LogP contribution in [0.3, 0.4) is 0 Å². The molecule has 0 spiro atoms. The predicted molar refractivity (Wildman–Crippen MR) is 78.3 cm³/mol. The van der Waals surface area contributed by atoms with Gasteiger partial charge in [-0.05, 0) is 38.9 Å². The Morgan fingerprint density at radius 2 is 2.28 bits per heavy atom. The summed E-state index contributed by atoms with van der Waals surface area (Å²) in [7, 11) is 5.88. The molecule has 1 atom stereocenters. The standard InChI is InChI=1S/C8H11BN.C6H12FN/c1-4-7-5-6(2)9-8(7)10-3;1-8-4-2-3-6(7)5-8/h4-5H,1-3H3;6H,2-5H2,1H3/b7-4-,10-8?;. The van der Waals surface area contributed by atoms with Gasteiger partial charge in [0, 0.05) is 19.2 Å². The van der Waals surface area contributed by atoms with E-state index in [1.54, 1.807) is 0 Å². The Kier molecular flexibility index (Phi) is 6.33. The molecule has 18 heavy (non-hydrogen) atoms. The first-order valence-corrected chi connectivity index (χ1v) is 6.56. The summed E-state index contributed by atoms with van der Waals surface area (Å²) >= 11 is 0. The van der Waals surface area contributed by atoms with Crippen LogP contribution in [0.1, 0.15) is 26.7 Å². The molecule has 1 radical (unpaired) electrons. The molecule has 2 nitrogen and oxygen atoms in total. The number of likely N-dealkylation sites (tertiary alicyclic amines) is 1. The van der Waals surface area contributed by atoms with Gasteiger partial charge in [0.2, 0.25) is 7.28 Å². The zero-order valence-electron chi connectivity index (χ0n) is 11.9. The summed E-state index contributed by atoms with van der Waals surface area (Å²) < 4.78 is 12.4. The molecule has 0 saturated carbocycles. The van der Waals surface area contributed by atoms with E-state index in [1.165, 1.54) is 11.0 Å². The molecule has 2 rings (SSSR count). The Bertz CT molecular complexity index is 353. The van der Waals surface area contributed by atoms with E-state index in [0.717, 1.165) is 25.0 Å². The number of allylic oxidation sites excluding steroid dienone is 4. The minimum atomic E-state index is -0.561. The van der Waals surface area contributed by atoms with E-state index in [0.29, 0.717) is 6.54 Å². The molecular weight excluding hydrogens is 226 g/mol. The normalized spacial score (nSPS) is 28.7. The van der Waals surface area contributed by atoms with Gasteiger partial charge >= 0.3 is 0 Å². The lowest BCUT2D eigenvalue weighted by Gasteiger charge is -2.24. The topological polar surface area (TPSA) is 15.6 Å². The molecule has 0 bridgehead atoms. The summed E-state index contributed by atoms with van der Waals surface area (Å²) in [5, 5.41) is 0. The molecule has 1 fully saturated rings. The summed E-state index contributed by atoms with van der Waals surface area (Å²) in [5.74, 6) is 0. The number of hydrogen-bond acceptors (Lipinski definition) is 2. The Morgan fingerprint density at radius 1 is 1.56 bits per heavy atom. The SMILES string of the molecule is C/C=C1/C=C(C)[B]C1=NC.CN1CCCC(F)C1. The van der Waals surface area contributed by atoms with Crippen LogP contribution in [0.2, 0.25) is 0 Å². The van der Waals surface area contributed by atoms with Crippen LogP contribution in [0, 0.1) is 0 Å². The van der Waals surface area contributed by atoms with Gasteiger partial charge in [0.1, 0.15) is 6.17 Å². The fraction of sp³-hybridized carbons (Fsp3) is 0.643. The highest BCUT2D eigenvalue weighted by atomic mass is 19.1. The molecule has 2 aliphatic rings. The van der Waals surface area contributed by atoms with Gasteiger partial charge < -0.3 is 9.89 Å². The van der Waals surface area contributed by atoms with E-state index in [2.05, 4.69) is 31.3 Å². The van der Waals surface area contributed by atoms with Crippen molar-refractivity contribution in [3.8, 4) is 0 Å². The monoisotopic (exact) mass is 249 g/mol. The number of piperidine rings is 1. The van der Waals surface area contributed by atoms with Gasteiger partial charge in [-0.2, -0.15) is 0 Å². The number of aliphatic imine (C=N–C) groups is 1. The van der Waals surface area contributed by atoms with Crippen molar-refractivity contribution in [3.05, 3.63) is 23.2 Å². The van der Waals surface area contributed by atoms with E-state index >= 15 is 0 Å². The number of hydrogen-bond donors (Lipinski definition) is 0. The number of halogens is 1. The van der Waals surface area contributed by atoms with E-state index in [1.807, 2.05) is 25.9 Å². The van der Waals surface area contributed by atoms with Crippen molar-refractivity contribution in [2.45, 2.75) is 32.9 Å². The molecule has 99 valence electrons. The van der Waals surface area contributed by atoms with Crippen LogP contribution in [0.15, 0.2) is 28.2 Å². The fourth-order valence-electron chi connectivity index (χ4n) is 2.19. The van der Waals surface area contributed by atoms with Crippen LogP contribution in [-0.2, 0) is 0 Å². The molecule has 0 aromatic carbocycles. The van der Waals surface area contributed by atoms with Gasteiger partial charge in [0.05, 0.1) is 0 Å². The third-order valence-corrected chi connectivity index (χ3v) is 3.16. The molecule has 1 unspecified atom stereocenters. The van der Waals surface area contributed by atoms with E-state index in [-0.39, 0.29) is 0 Å². The molecule has 2 heterocycles. The van der Waals surface area contributed by atoms with Crippen LogP contribution < -0.4 is 0 Å². The fourth-order valence-corrected chi connectivity index (χ4v) is 2.19. The first kappa shape index (κ1) is 15.2. The minimum Gasteiger partial charge on any atom is -0.303 e. The van der Waals surface area contributed by atoms with Crippen LogP contribution in [-0.4, -0.2) is 51.1 Å².